The van der Waals surface area contributed by atoms with Crippen LogP contribution in [-0.4, -0.2) is 17.0 Å². The van der Waals surface area contributed by atoms with Crippen LogP contribution in [0.5, 0.6) is 0 Å². The Morgan fingerprint density at radius 2 is 2.33 bits per heavy atom. The van der Waals surface area contributed by atoms with Crippen molar-refractivity contribution >= 4 is 5.78 Å². The van der Waals surface area contributed by atoms with Crippen molar-refractivity contribution in [3.05, 3.63) is 23.8 Å². The van der Waals surface area contributed by atoms with Gasteiger partial charge >= 0.3 is 0 Å². The minimum atomic E-state index is -0.560. The summed E-state index contributed by atoms with van der Waals surface area (Å²) in [7, 11) is 0. The highest BCUT2D eigenvalue weighted by Gasteiger charge is 2.29. The first-order valence-electron chi connectivity index (χ1n) is 4.12. The molecule has 2 heteroatoms. The van der Waals surface area contributed by atoms with Gasteiger partial charge in [-0.05, 0) is 12.5 Å². The van der Waals surface area contributed by atoms with Crippen molar-refractivity contribution < 1.29 is 9.90 Å². The number of rotatable bonds is 2. The van der Waals surface area contributed by atoms with Gasteiger partial charge in [0.15, 0.2) is 5.78 Å². The van der Waals surface area contributed by atoms with Crippen LogP contribution in [0.3, 0.4) is 0 Å². The number of carbonyl (C=O) groups excluding carboxylic acids is 1. The summed E-state index contributed by atoms with van der Waals surface area (Å²) in [6.07, 6.45) is 1.42. The standard InChI is InChI=1S/C10H14O2/c1-4-6(2)10-7(3)8(11)5-9(10)12/h4,6,8,11H,1,5H2,2-3H3. The molecular formula is C10H14O2. The van der Waals surface area contributed by atoms with E-state index in [1.54, 1.807) is 6.08 Å². The van der Waals surface area contributed by atoms with Crippen LogP contribution >= 0.6 is 0 Å². The van der Waals surface area contributed by atoms with Crippen LogP contribution in [0.1, 0.15) is 20.3 Å². The Morgan fingerprint density at radius 3 is 2.67 bits per heavy atom. The van der Waals surface area contributed by atoms with Gasteiger partial charge in [-0.3, -0.25) is 4.79 Å². The lowest BCUT2D eigenvalue weighted by molar-refractivity contribution is -0.116. The lowest BCUT2D eigenvalue weighted by Gasteiger charge is -2.07. The number of allylic oxidation sites excluding steroid dienone is 2. The SMILES string of the molecule is C=CC(C)C1=C(C)C(O)CC1=O. The first-order valence-corrected chi connectivity index (χ1v) is 4.12. The summed E-state index contributed by atoms with van der Waals surface area (Å²) in [5, 5.41) is 9.37. The molecule has 2 atom stereocenters. The Hall–Kier alpha value is -0.890. The van der Waals surface area contributed by atoms with Gasteiger partial charge in [0.2, 0.25) is 0 Å². The molecule has 1 aliphatic carbocycles. The number of Topliss-reactive ketones (excluding diaryl/α,β-unsaturated/α-hetero) is 1. The highest BCUT2D eigenvalue weighted by Crippen LogP contribution is 2.28. The fourth-order valence-corrected chi connectivity index (χ4v) is 1.57. The third kappa shape index (κ3) is 1.34. The summed E-state index contributed by atoms with van der Waals surface area (Å²) in [6.45, 7) is 7.36. The Kier molecular flexibility index (Phi) is 2.48. The van der Waals surface area contributed by atoms with Crippen molar-refractivity contribution in [1.29, 1.82) is 0 Å². The molecule has 0 radical (unpaired) electrons. The summed E-state index contributed by atoms with van der Waals surface area (Å²) < 4.78 is 0. The lowest BCUT2D eigenvalue weighted by Crippen LogP contribution is -2.04. The van der Waals surface area contributed by atoms with Crippen molar-refractivity contribution in [1.82, 2.24) is 0 Å². The monoisotopic (exact) mass is 166 g/mol. The van der Waals surface area contributed by atoms with E-state index in [0.717, 1.165) is 11.1 Å². The van der Waals surface area contributed by atoms with Crippen LogP contribution < -0.4 is 0 Å². The molecule has 2 unspecified atom stereocenters. The Labute approximate surface area is 72.6 Å². The van der Waals surface area contributed by atoms with Gasteiger partial charge in [-0.1, -0.05) is 13.0 Å². The van der Waals surface area contributed by atoms with E-state index >= 15 is 0 Å². The smallest absolute Gasteiger partial charge is 0.162 e. The average molecular weight is 166 g/mol. The summed E-state index contributed by atoms with van der Waals surface area (Å²) >= 11 is 0. The summed E-state index contributed by atoms with van der Waals surface area (Å²) in [5.74, 6) is 0.127. The molecule has 0 bridgehead atoms. The maximum absolute atomic E-state index is 11.3. The fourth-order valence-electron chi connectivity index (χ4n) is 1.57. The minimum absolute atomic E-state index is 0.0624. The van der Waals surface area contributed by atoms with E-state index in [1.165, 1.54) is 0 Å². The van der Waals surface area contributed by atoms with Gasteiger partial charge in [0.05, 0.1) is 6.10 Å². The van der Waals surface area contributed by atoms with Crippen molar-refractivity contribution in [2.75, 3.05) is 0 Å². The molecule has 2 nitrogen and oxygen atoms in total. The molecule has 0 aliphatic heterocycles. The van der Waals surface area contributed by atoms with Gasteiger partial charge in [0, 0.05) is 17.9 Å². The molecule has 12 heavy (non-hydrogen) atoms. The zero-order chi connectivity index (χ0) is 9.30. The number of hydrogen-bond acceptors (Lipinski definition) is 2. The van der Waals surface area contributed by atoms with Gasteiger partial charge < -0.3 is 5.11 Å². The first-order chi connectivity index (χ1) is 5.57. The second kappa shape index (κ2) is 3.23. The summed E-state index contributed by atoms with van der Waals surface area (Å²) in [6, 6.07) is 0. The maximum atomic E-state index is 11.3. The molecule has 0 aromatic rings. The van der Waals surface area contributed by atoms with Gasteiger partial charge in [0.1, 0.15) is 0 Å². The average Bonchev–Trinajstić information content (AvgIpc) is 2.26. The van der Waals surface area contributed by atoms with Crippen molar-refractivity contribution in [3.8, 4) is 0 Å². The van der Waals surface area contributed by atoms with Crippen LogP contribution in [0.4, 0.5) is 0 Å². The van der Waals surface area contributed by atoms with Crippen molar-refractivity contribution in [3.63, 3.8) is 0 Å². The predicted octanol–water partition coefficient (Wildman–Crippen LogP) is 1.46. The van der Waals surface area contributed by atoms with Crippen LogP contribution in [0, 0.1) is 5.92 Å². The first kappa shape index (κ1) is 9.20. The number of ketones is 1. The highest BCUT2D eigenvalue weighted by molar-refractivity contribution is 6.00. The molecule has 66 valence electrons. The number of carbonyl (C=O) groups is 1. The molecule has 0 amide bonds. The molecule has 1 N–H and O–H groups in total. The van der Waals surface area contributed by atoms with Crippen molar-refractivity contribution in [2.24, 2.45) is 5.92 Å². The molecule has 0 saturated carbocycles. The third-order valence-corrected chi connectivity index (χ3v) is 2.41. The molecule has 0 aromatic heterocycles. The van der Waals surface area contributed by atoms with E-state index in [0.29, 0.717) is 0 Å². The molecule has 1 aliphatic rings. The Balaban J connectivity index is 2.99. The summed E-state index contributed by atoms with van der Waals surface area (Å²) in [4.78, 5) is 11.3. The van der Waals surface area contributed by atoms with E-state index in [2.05, 4.69) is 6.58 Å². The molecular weight excluding hydrogens is 152 g/mol. The van der Waals surface area contributed by atoms with Crippen LogP contribution in [0.25, 0.3) is 0 Å². The van der Waals surface area contributed by atoms with Crippen LogP contribution in [-0.2, 0) is 4.79 Å². The molecule has 0 fully saturated rings. The maximum Gasteiger partial charge on any atom is 0.162 e. The number of hydrogen-bond donors (Lipinski definition) is 1. The van der Waals surface area contributed by atoms with Crippen molar-refractivity contribution in [2.45, 2.75) is 26.4 Å². The highest BCUT2D eigenvalue weighted by atomic mass is 16.3. The summed E-state index contributed by atoms with van der Waals surface area (Å²) in [5.41, 5.74) is 1.56. The largest absolute Gasteiger partial charge is 0.388 e. The predicted molar refractivity (Wildman–Crippen MR) is 47.7 cm³/mol. The van der Waals surface area contributed by atoms with E-state index in [9.17, 15) is 9.90 Å². The Bertz CT molecular complexity index is 251. The van der Waals surface area contributed by atoms with Crippen LogP contribution in [0.15, 0.2) is 23.8 Å². The van der Waals surface area contributed by atoms with Gasteiger partial charge in [0.25, 0.3) is 0 Å². The molecule has 0 saturated heterocycles. The minimum Gasteiger partial charge on any atom is -0.388 e. The van der Waals surface area contributed by atoms with Crippen LogP contribution in [0.2, 0.25) is 0 Å². The third-order valence-electron chi connectivity index (χ3n) is 2.41. The molecule has 0 heterocycles. The normalized spacial score (nSPS) is 26.2. The topological polar surface area (TPSA) is 37.3 Å². The number of aliphatic hydroxyl groups is 1. The number of aliphatic hydroxyl groups excluding tert-OH is 1. The Morgan fingerprint density at radius 1 is 1.75 bits per heavy atom. The van der Waals surface area contributed by atoms with Gasteiger partial charge in [-0.25, -0.2) is 0 Å². The van der Waals surface area contributed by atoms with E-state index < -0.39 is 6.10 Å². The molecule has 0 spiro atoms. The van der Waals surface area contributed by atoms with E-state index in [-0.39, 0.29) is 18.1 Å². The van der Waals surface area contributed by atoms with E-state index in [1.807, 2.05) is 13.8 Å². The zero-order valence-electron chi connectivity index (χ0n) is 7.50. The fraction of sp³-hybridized carbons (Fsp3) is 0.500. The second-order valence-electron chi connectivity index (χ2n) is 3.26. The van der Waals surface area contributed by atoms with Gasteiger partial charge in [-0.2, -0.15) is 0 Å². The second-order valence-corrected chi connectivity index (χ2v) is 3.26. The zero-order valence-corrected chi connectivity index (χ0v) is 7.50. The molecule has 1 rings (SSSR count). The molecule has 0 aromatic carbocycles. The quantitative estimate of drug-likeness (QED) is 0.630. The lowest BCUT2D eigenvalue weighted by atomic mass is 9.97. The van der Waals surface area contributed by atoms with E-state index in [4.69, 9.17) is 0 Å². The van der Waals surface area contributed by atoms with Gasteiger partial charge in [-0.15, -0.1) is 6.58 Å².